The molecule has 12 nitrogen and oxygen atoms in total. The number of hydrogen-bond acceptors (Lipinski definition) is 6. The normalized spacial score (nSPS) is 11.1. The van der Waals surface area contributed by atoms with Crippen LogP contribution in [0.25, 0.3) is 11.1 Å². The number of methoxy groups -OCH3 is 1. The number of ether oxygens (including phenoxy) is 2. The molecule has 0 aliphatic heterocycles. The van der Waals surface area contributed by atoms with Gasteiger partial charge in [0.2, 0.25) is 0 Å². The lowest BCUT2D eigenvalue weighted by Crippen LogP contribution is -2.27. The highest BCUT2D eigenvalue weighted by atomic mass is 16.6. The predicted molar refractivity (Wildman–Crippen MR) is 159 cm³/mol. The molecule has 1 aromatic carbocycles. The lowest BCUT2D eigenvalue weighted by Gasteiger charge is -2.19. The van der Waals surface area contributed by atoms with Crippen molar-refractivity contribution in [2.24, 2.45) is 21.1 Å². The lowest BCUT2D eigenvalue weighted by atomic mass is 10.1. The van der Waals surface area contributed by atoms with Crippen molar-refractivity contribution in [2.75, 3.05) is 23.1 Å². The van der Waals surface area contributed by atoms with E-state index in [0.29, 0.717) is 34.1 Å². The molecule has 0 saturated carbocycles. The number of esters is 1. The largest absolute Gasteiger partial charge is 0.464 e. The first-order chi connectivity index (χ1) is 19.7. The number of nitrogens with zero attached hydrogens (tertiary/aromatic N) is 3. The zero-order valence-electron chi connectivity index (χ0n) is 24.6. The number of hydrogen-bond donors (Lipinski definition) is 3. The maximum Gasteiger partial charge on any atom is 0.412 e. The van der Waals surface area contributed by atoms with E-state index in [1.165, 1.54) is 13.2 Å². The van der Waals surface area contributed by atoms with Crippen molar-refractivity contribution < 1.29 is 28.7 Å². The van der Waals surface area contributed by atoms with Gasteiger partial charge in [-0.3, -0.25) is 14.9 Å². The SMILES string of the molecule is COC(=O)c1cc(NC(=O)c2cc(NC(=O)c3cc(-c4ccc(NC(=O)OC(C)(C)C)cc4)cn3C)cn2C)cn1C. The molecule has 3 amide bonds. The number of aromatic nitrogens is 3. The Morgan fingerprint density at radius 1 is 0.643 bits per heavy atom. The van der Waals surface area contributed by atoms with Crippen molar-refractivity contribution in [1.29, 1.82) is 0 Å². The molecule has 3 heterocycles. The second kappa shape index (κ2) is 11.7. The van der Waals surface area contributed by atoms with E-state index in [4.69, 9.17) is 9.47 Å². The molecule has 0 bridgehead atoms. The minimum atomic E-state index is -0.599. The summed E-state index contributed by atoms with van der Waals surface area (Å²) in [5.74, 6) is -1.28. The Hall–Kier alpha value is -5.26. The third-order valence-electron chi connectivity index (χ3n) is 6.25. The van der Waals surface area contributed by atoms with Crippen LogP contribution in [0.2, 0.25) is 0 Å². The second-order valence-corrected chi connectivity index (χ2v) is 10.8. The van der Waals surface area contributed by atoms with Gasteiger partial charge in [-0.15, -0.1) is 0 Å². The van der Waals surface area contributed by atoms with Crippen LogP contribution in [0.15, 0.2) is 61.1 Å². The minimum absolute atomic E-state index is 0.294. The number of anilines is 3. The number of carbonyl (C=O) groups excluding carboxylic acids is 4. The number of carbonyl (C=O) groups is 4. The molecule has 0 radical (unpaired) electrons. The predicted octanol–water partition coefficient (Wildman–Crippen LogP) is 5.01. The fourth-order valence-corrected chi connectivity index (χ4v) is 4.30. The van der Waals surface area contributed by atoms with Crippen molar-refractivity contribution in [3.05, 3.63) is 78.1 Å². The summed E-state index contributed by atoms with van der Waals surface area (Å²) in [6.07, 6.45) is 4.53. The zero-order chi connectivity index (χ0) is 30.8. The summed E-state index contributed by atoms with van der Waals surface area (Å²) in [4.78, 5) is 49.9. The highest BCUT2D eigenvalue weighted by molar-refractivity contribution is 6.07. The van der Waals surface area contributed by atoms with E-state index in [-0.39, 0.29) is 5.91 Å². The van der Waals surface area contributed by atoms with Crippen LogP contribution in [-0.4, -0.2) is 50.3 Å². The van der Waals surface area contributed by atoms with Gasteiger partial charge in [0.15, 0.2) is 0 Å². The van der Waals surface area contributed by atoms with Crippen molar-refractivity contribution in [3.8, 4) is 11.1 Å². The van der Waals surface area contributed by atoms with Crippen LogP contribution in [0.3, 0.4) is 0 Å². The summed E-state index contributed by atoms with van der Waals surface area (Å²) >= 11 is 0. The molecule has 42 heavy (non-hydrogen) atoms. The molecule has 0 fully saturated rings. The van der Waals surface area contributed by atoms with E-state index < -0.39 is 23.6 Å². The molecule has 0 atom stereocenters. The van der Waals surface area contributed by atoms with Gasteiger partial charge in [-0.25, -0.2) is 9.59 Å². The third kappa shape index (κ3) is 6.89. The molecule has 0 aliphatic rings. The van der Waals surface area contributed by atoms with Crippen molar-refractivity contribution >= 4 is 40.9 Å². The lowest BCUT2D eigenvalue weighted by molar-refractivity contribution is 0.0587. The van der Waals surface area contributed by atoms with Crippen LogP contribution in [0.4, 0.5) is 21.9 Å². The summed E-state index contributed by atoms with van der Waals surface area (Å²) in [6, 6.07) is 12.0. The second-order valence-electron chi connectivity index (χ2n) is 10.8. The first-order valence-corrected chi connectivity index (χ1v) is 13.0. The monoisotopic (exact) mass is 574 g/mol. The Labute approximate surface area is 243 Å². The van der Waals surface area contributed by atoms with E-state index >= 15 is 0 Å². The first-order valence-electron chi connectivity index (χ1n) is 13.0. The van der Waals surface area contributed by atoms with Gasteiger partial charge in [0.1, 0.15) is 22.7 Å². The Balaban J connectivity index is 1.42. The van der Waals surface area contributed by atoms with Crippen LogP contribution in [-0.2, 0) is 30.6 Å². The Kier molecular flexibility index (Phi) is 8.27. The maximum atomic E-state index is 13.1. The van der Waals surface area contributed by atoms with Gasteiger partial charge in [0.05, 0.1) is 18.5 Å². The molecule has 0 unspecified atom stereocenters. The summed E-state index contributed by atoms with van der Waals surface area (Å²) in [5.41, 5.74) is 3.54. The third-order valence-corrected chi connectivity index (χ3v) is 6.25. The minimum Gasteiger partial charge on any atom is -0.464 e. The smallest absolute Gasteiger partial charge is 0.412 e. The van der Waals surface area contributed by atoms with Crippen molar-refractivity contribution in [1.82, 2.24) is 13.7 Å². The Morgan fingerprint density at radius 3 is 1.69 bits per heavy atom. The summed E-state index contributed by atoms with van der Waals surface area (Å²) < 4.78 is 14.9. The molecule has 12 heteroatoms. The summed E-state index contributed by atoms with van der Waals surface area (Å²) in [5, 5.41) is 8.30. The molecule has 0 saturated heterocycles. The van der Waals surface area contributed by atoms with Gasteiger partial charge >= 0.3 is 12.1 Å². The van der Waals surface area contributed by atoms with Crippen LogP contribution in [0.1, 0.15) is 52.2 Å². The zero-order valence-corrected chi connectivity index (χ0v) is 24.6. The summed E-state index contributed by atoms with van der Waals surface area (Å²) in [6.45, 7) is 5.38. The fraction of sp³-hybridized carbons (Fsp3) is 0.267. The molecule has 220 valence electrons. The number of benzene rings is 1. The van der Waals surface area contributed by atoms with Gasteiger partial charge in [-0.2, -0.15) is 0 Å². The molecule has 0 spiro atoms. The molecule has 4 rings (SSSR count). The van der Waals surface area contributed by atoms with Gasteiger partial charge in [-0.05, 0) is 56.7 Å². The average molecular weight is 575 g/mol. The van der Waals surface area contributed by atoms with E-state index in [9.17, 15) is 19.2 Å². The van der Waals surface area contributed by atoms with Gasteiger partial charge in [0, 0.05) is 51.0 Å². The quantitative estimate of drug-likeness (QED) is 0.266. The van der Waals surface area contributed by atoms with Crippen molar-refractivity contribution in [3.63, 3.8) is 0 Å². The van der Waals surface area contributed by atoms with Gasteiger partial charge in [0.25, 0.3) is 11.8 Å². The topological polar surface area (TPSA) is 138 Å². The maximum absolute atomic E-state index is 13.1. The van der Waals surface area contributed by atoms with Crippen LogP contribution in [0.5, 0.6) is 0 Å². The number of amides is 3. The van der Waals surface area contributed by atoms with Crippen LogP contribution >= 0.6 is 0 Å². The van der Waals surface area contributed by atoms with E-state index in [0.717, 1.165) is 11.1 Å². The highest BCUT2D eigenvalue weighted by Crippen LogP contribution is 2.25. The summed E-state index contributed by atoms with van der Waals surface area (Å²) in [7, 11) is 6.42. The Morgan fingerprint density at radius 2 is 1.14 bits per heavy atom. The van der Waals surface area contributed by atoms with Gasteiger partial charge in [-0.1, -0.05) is 12.1 Å². The van der Waals surface area contributed by atoms with Gasteiger partial charge < -0.3 is 33.8 Å². The van der Waals surface area contributed by atoms with E-state index in [2.05, 4.69) is 16.0 Å². The van der Waals surface area contributed by atoms with E-state index in [1.807, 2.05) is 18.3 Å². The molecule has 3 aromatic heterocycles. The number of rotatable bonds is 7. The first kappa shape index (κ1) is 29.7. The average Bonchev–Trinajstić information content (AvgIpc) is 3.58. The number of aryl methyl sites for hydroxylation is 3. The highest BCUT2D eigenvalue weighted by Gasteiger charge is 2.19. The molecule has 0 aliphatic carbocycles. The van der Waals surface area contributed by atoms with Crippen LogP contribution in [0, 0.1) is 0 Å². The fourth-order valence-electron chi connectivity index (χ4n) is 4.30. The Bertz CT molecular complexity index is 1650. The molecule has 3 N–H and O–H groups in total. The molecular weight excluding hydrogens is 540 g/mol. The standard InChI is InChI=1S/C30H34N6O6/c1-30(2,3)42-29(40)33-20-10-8-18(9-11-20)19-12-23(34(4)15-19)26(37)31-21-13-24(35(5)16-21)27(38)32-22-14-25(28(39)41-7)36(6)17-22/h8-17H,1-7H3,(H,31,37)(H,32,38)(H,33,40). The van der Waals surface area contributed by atoms with Crippen LogP contribution < -0.4 is 16.0 Å². The molecular formula is C30H34N6O6. The molecule has 4 aromatic rings. The number of nitrogens with one attached hydrogen (secondary N) is 3. The van der Waals surface area contributed by atoms with E-state index in [1.54, 1.807) is 92.3 Å². The van der Waals surface area contributed by atoms with Crippen molar-refractivity contribution in [2.45, 2.75) is 26.4 Å².